The average Bonchev–Trinajstić information content (AvgIpc) is 2.67. The van der Waals surface area contributed by atoms with E-state index in [4.69, 9.17) is 0 Å². The smallest absolute Gasteiger partial charge is 0.0653 e. The second-order valence-electron chi connectivity index (χ2n) is 12.4. The maximum atomic E-state index is 11.4. The minimum Gasteiger partial charge on any atom is -0.393 e. The molecule has 0 aromatic carbocycles. The Morgan fingerprint density at radius 3 is 1.97 bits per heavy atom. The first-order valence-electron chi connectivity index (χ1n) is 13.2. The van der Waals surface area contributed by atoms with Gasteiger partial charge in [-0.1, -0.05) is 55.7 Å². The van der Waals surface area contributed by atoms with Crippen molar-refractivity contribution in [3.8, 4) is 0 Å². The predicted molar refractivity (Wildman–Crippen MR) is 139 cm³/mol. The molecule has 0 aliphatic heterocycles. The van der Waals surface area contributed by atoms with Crippen LogP contribution in [0.4, 0.5) is 0 Å². The summed E-state index contributed by atoms with van der Waals surface area (Å²) in [6.07, 6.45) is 17.3. The van der Waals surface area contributed by atoms with Crippen molar-refractivity contribution >= 4 is 0 Å². The van der Waals surface area contributed by atoms with Crippen LogP contribution in [-0.4, -0.2) is 21.9 Å². The van der Waals surface area contributed by atoms with Gasteiger partial charge in [0.05, 0.1) is 11.7 Å². The Morgan fingerprint density at radius 1 is 0.812 bits per heavy atom. The first-order chi connectivity index (χ1) is 14.8. The van der Waals surface area contributed by atoms with Crippen LogP contribution in [0.5, 0.6) is 0 Å². The van der Waals surface area contributed by atoms with Crippen molar-refractivity contribution in [2.24, 2.45) is 22.7 Å². The maximum absolute atomic E-state index is 11.4. The average molecular weight is 445 g/mol. The Morgan fingerprint density at radius 2 is 1.38 bits per heavy atom. The molecule has 2 rings (SSSR count). The molecule has 0 aromatic rings. The second-order valence-corrected chi connectivity index (χ2v) is 12.4. The standard InChI is InChI=1S/C30H52O2/c1-22(2)12-9-13-23(3)14-10-15-24(4)16-11-17-26-29(7)20-19-27(31)28(5,6)25(29)18-21-30(26,8)32/h12,14,16,25-27,31-32H,9-11,13,15,17-21H2,1-8H3/b23-14+,24-16+/t25-,26-,27+,29+,30-/m1/s1. The van der Waals surface area contributed by atoms with Gasteiger partial charge in [0.25, 0.3) is 0 Å². The Hall–Kier alpha value is -0.860. The lowest BCUT2D eigenvalue weighted by atomic mass is 9.44. The summed E-state index contributed by atoms with van der Waals surface area (Å²) in [7, 11) is 0. The SMILES string of the molecule is CC(C)=CCC/C(C)=C/CC/C(C)=C/CC[C@@H]1[C@@]2(C)CC[C@H](O)C(C)(C)[C@H]2CC[C@@]1(C)O. The molecule has 2 heteroatoms. The van der Waals surface area contributed by atoms with Gasteiger partial charge in [-0.3, -0.25) is 0 Å². The normalized spacial score (nSPS) is 35.4. The fraction of sp³-hybridized carbons (Fsp3) is 0.800. The molecule has 0 saturated heterocycles. The van der Waals surface area contributed by atoms with E-state index < -0.39 is 5.60 Å². The van der Waals surface area contributed by atoms with Gasteiger partial charge in [0, 0.05) is 0 Å². The summed E-state index contributed by atoms with van der Waals surface area (Å²) < 4.78 is 0. The molecule has 32 heavy (non-hydrogen) atoms. The molecule has 0 bridgehead atoms. The first kappa shape index (κ1) is 27.4. The van der Waals surface area contributed by atoms with Gasteiger partial charge in [-0.05, 0) is 121 Å². The number of rotatable bonds is 9. The Balaban J connectivity index is 1.94. The minimum atomic E-state index is -0.601. The first-order valence-corrected chi connectivity index (χ1v) is 13.2. The van der Waals surface area contributed by atoms with Crippen molar-refractivity contribution in [1.29, 1.82) is 0 Å². The van der Waals surface area contributed by atoms with E-state index in [1.54, 1.807) is 0 Å². The number of hydrogen-bond donors (Lipinski definition) is 2. The molecule has 184 valence electrons. The minimum absolute atomic E-state index is 0.0662. The van der Waals surface area contributed by atoms with Crippen LogP contribution in [0.2, 0.25) is 0 Å². The van der Waals surface area contributed by atoms with E-state index in [2.05, 4.69) is 73.6 Å². The van der Waals surface area contributed by atoms with Gasteiger partial charge in [-0.2, -0.15) is 0 Å². The molecular weight excluding hydrogens is 392 g/mol. The molecule has 0 spiro atoms. The number of aliphatic hydroxyl groups is 2. The van der Waals surface area contributed by atoms with Crippen molar-refractivity contribution < 1.29 is 10.2 Å². The van der Waals surface area contributed by atoms with Crippen molar-refractivity contribution in [3.63, 3.8) is 0 Å². The molecule has 2 aliphatic carbocycles. The van der Waals surface area contributed by atoms with Gasteiger partial charge in [-0.25, -0.2) is 0 Å². The number of hydrogen-bond acceptors (Lipinski definition) is 2. The monoisotopic (exact) mass is 444 g/mol. The highest BCUT2D eigenvalue weighted by Gasteiger charge is 2.59. The Bertz CT molecular complexity index is 704. The van der Waals surface area contributed by atoms with E-state index in [9.17, 15) is 10.2 Å². The largest absolute Gasteiger partial charge is 0.393 e. The number of fused-ring (bicyclic) bond motifs is 1. The fourth-order valence-electron chi connectivity index (χ4n) is 6.99. The van der Waals surface area contributed by atoms with E-state index in [0.29, 0.717) is 11.8 Å². The number of allylic oxidation sites excluding steroid dienone is 6. The van der Waals surface area contributed by atoms with Crippen molar-refractivity contribution in [3.05, 3.63) is 34.9 Å². The third-order valence-corrected chi connectivity index (χ3v) is 9.07. The van der Waals surface area contributed by atoms with Gasteiger partial charge in [0.15, 0.2) is 0 Å². The van der Waals surface area contributed by atoms with Crippen LogP contribution in [0.25, 0.3) is 0 Å². The molecule has 0 aromatic heterocycles. The van der Waals surface area contributed by atoms with Crippen LogP contribution < -0.4 is 0 Å². The van der Waals surface area contributed by atoms with Crippen molar-refractivity contribution in [2.45, 2.75) is 131 Å². The van der Waals surface area contributed by atoms with Crippen LogP contribution in [0.1, 0.15) is 120 Å². The molecule has 0 unspecified atom stereocenters. The molecule has 0 amide bonds. The Kier molecular flexibility index (Phi) is 9.45. The summed E-state index contributed by atoms with van der Waals surface area (Å²) in [6.45, 7) is 17.8. The summed E-state index contributed by atoms with van der Waals surface area (Å²) in [5.74, 6) is 0.773. The van der Waals surface area contributed by atoms with Gasteiger partial charge in [-0.15, -0.1) is 0 Å². The fourth-order valence-corrected chi connectivity index (χ4v) is 6.99. The lowest BCUT2D eigenvalue weighted by Gasteiger charge is -2.62. The predicted octanol–water partition coefficient (Wildman–Crippen LogP) is 8.15. The molecule has 2 N–H and O–H groups in total. The van der Waals surface area contributed by atoms with E-state index in [1.807, 2.05) is 0 Å². The molecule has 2 nitrogen and oxygen atoms in total. The van der Waals surface area contributed by atoms with E-state index >= 15 is 0 Å². The summed E-state index contributed by atoms with van der Waals surface area (Å²) in [6, 6.07) is 0. The van der Waals surface area contributed by atoms with Gasteiger partial charge >= 0.3 is 0 Å². The molecular formula is C30H52O2. The second kappa shape index (κ2) is 11.0. The lowest BCUT2D eigenvalue weighted by Crippen LogP contribution is -2.60. The van der Waals surface area contributed by atoms with Gasteiger partial charge < -0.3 is 10.2 Å². The molecule has 2 aliphatic rings. The van der Waals surface area contributed by atoms with Crippen LogP contribution >= 0.6 is 0 Å². The highest BCUT2D eigenvalue weighted by Crippen LogP contribution is 2.62. The van der Waals surface area contributed by atoms with E-state index in [-0.39, 0.29) is 16.9 Å². The van der Waals surface area contributed by atoms with Crippen molar-refractivity contribution in [1.82, 2.24) is 0 Å². The Labute approximate surface area is 199 Å². The van der Waals surface area contributed by atoms with Gasteiger partial charge in [0.2, 0.25) is 0 Å². The highest BCUT2D eigenvalue weighted by atomic mass is 16.3. The summed E-state index contributed by atoms with van der Waals surface area (Å²) >= 11 is 0. The van der Waals surface area contributed by atoms with Gasteiger partial charge in [0.1, 0.15) is 0 Å². The van der Waals surface area contributed by atoms with E-state index in [1.165, 1.54) is 16.7 Å². The van der Waals surface area contributed by atoms with Crippen LogP contribution in [0, 0.1) is 22.7 Å². The van der Waals surface area contributed by atoms with E-state index in [0.717, 1.165) is 64.2 Å². The van der Waals surface area contributed by atoms with Crippen LogP contribution in [0.15, 0.2) is 34.9 Å². The number of aliphatic hydroxyl groups excluding tert-OH is 1. The third kappa shape index (κ3) is 6.60. The quantitative estimate of drug-likeness (QED) is 0.352. The topological polar surface area (TPSA) is 40.5 Å². The zero-order valence-electron chi connectivity index (χ0n) is 22.4. The van der Waals surface area contributed by atoms with Crippen molar-refractivity contribution in [2.75, 3.05) is 0 Å². The molecule has 5 atom stereocenters. The van der Waals surface area contributed by atoms with Crippen LogP contribution in [0.3, 0.4) is 0 Å². The maximum Gasteiger partial charge on any atom is 0.0653 e. The lowest BCUT2D eigenvalue weighted by molar-refractivity contribution is -0.195. The summed E-state index contributed by atoms with van der Waals surface area (Å²) in [4.78, 5) is 0. The zero-order valence-corrected chi connectivity index (χ0v) is 22.4. The summed E-state index contributed by atoms with van der Waals surface area (Å²) in [5.41, 5.74) is 3.81. The molecule has 2 fully saturated rings. The van der Waals surface area contributed by atoms with Crippen LogP contribution in [-0.2, 0) is 0 Å². The molecule has 2 saturated carbocycles. The zero-order chi connectivity index (χ0) is 24.2. The highest BCUT2D eigenvalue weighted by molar-refractivity contribution is 5.10. The molecule has 0 radical (unpaired) electrons. The third-order valence-electron chi connectivity index (χ3n) is 9.07. The summed E-state index contributed by atoms with van der Waals surface area (Å²) in [5, 5.41) is 22.0. The molecule has 0 heterocycles.